The lowest BCUT2D eigenvalue weighted by atomic mass is 10.2. The van der Waals surface area contributed by atoms with Crippen molar-refractivity contribution in [3.8, 4) is 5.75 Å². The second-order valence-corrected chi connectivity index (χ2v) is 4.84. The lowest BCUT2D eigenvalue weighted by Crippen LogP contribution is -2.31. The number of rotatable bonds is 3. The van der Waals surface area contributed by atoms with Gasteiger partial charge in [-0.25, -0.2) is 10.2 Å². The molecule has 1 aromatic rings. The predicted molar refractivity (Wildman–Crippen MR) is 73.1 cm³/mol. The van der Waals surface area contributed by atoms with Crippen molar-refractivity contribution in [2.75, 3.05) is 7.11 Å². The Morgan fingerprint density at radius 3 is 2.32 bits per heavy atom. The molecule has 19 heavy (non-hydrogen) atoms. The number of hydrazone groups is 1. The van der Waals surface area contributed by atoms with Gasteiger partial charge in [-0.1, -0.05) is 0 Å². The van der Waals surface area contributed by atoms with Crippen LogP contribution in [0.2, 0.25) is 0 Å². The predicted octanol–water partition coefficient (Wildman–Crippen LogP) is 1.84. The third-order valence-electron chi connectivity index (χ3n) is 2.05. The van der Waals surface area contributed by atoms with Crippen LogP contribution < -0.4 is 15.9 Å². The van der Waals surface area contributed by atoms with E-state index >= 15 is 0 Å². The number of amidine groups is 1. The number of hydrogen-bond acceptors (Lipinski definition) is 4. The van der Waals surface area contributed by atoms with Crippen molar-refractivity contribution in [3.05, 3.63) is 29.8 Å². The van der Waals surface area contributed by atoms with Gasteiger partial charge in [0, 0.05) is 5.56 Å². The molecule has 6 nitrogen and oxygen atoms in total. The second-order valence-electron chi connectivity index (χ2n) is 4.84. The summed E-state index contributed by atoms with van der Waals surface area (Å²) in [4.78, 5) is 11.4. The van der Waals surface area contributed by atoms with Gasteiger partial charge in [0.25, 0.3) is 0 Å². The van der Waals surface area contributed by atoms with Crippen LogP contribution in [0.5, 0.6) is 5.75 Å². The van der Waals surface area contributed by atoms with Crippen LogP contribution in [-0.4, -0.2) is 24.6 Å². The minimum Gasteiger partial charge on any atom is -0.497 e. The molecule has 0 heterocycles. The fourth-order valence-electron chi connectivity index (χ4n) is 1.23. The zero-order valence-electron chi connectivity index (χ0n) is 11.6. The Balaban J connectivity index is 2.63. The molecule has 0 aliphatic carbocycles. The van der Waals surface area contributed by atoms with E-state index in [0.717, 1.165) is 5.75 Å². The number of nitrogens with zero attached hydrogens (tertiary/aromatic N) is 1. The van der Waals surface area contributed by atoms with Gasteiger partial charge in [0.05, 0.1) is 7.11 Å². The van der Waals surface area contributed by atoms with Gasteiger partial charge in [0.1, 0.15) is 11.4 Å². The molecule has 0 radical (unpaired) electrons. The Hall–Kier alpha value is -2.24. The lowest BCUT2D eigenvalue weighted by molar-refractivity contribution is 0.0529. The number of amides is 1. The first-order valence-corrected chi connectivity index (χ1v) is 5.78. The maximum Gasteiger partial charge on any atom is 0.428 e. The van der Waals surface area contributed by atoms with E-state index in [1.165, 1.54) is 0 Å². The van der Waals surface area contributed by atoms with Gasteiger partial charge in [-0.15, -0.1) is 0 Å². The Morgan fingerprint density at radius 2 is 1.84 bits per heavy atom. The minimum atomic E-state index is -0.649. The van der Waals surface area contributed by atoms with Crippen LogP contribution in [0, 0.1) is 0 Å². The summed E-state index contributed by atoms with van der Waals surface area (Å²) in [6, 6.07) is 7.00. The number of benzene rings is 1. The van der Waals surface area contributed by atoms with Crippen molar-refractivity contribution in [2.24, 2.45) is 10.8 Å². The van der Waals surface area contributed by atoms with E-state index in [0.29, 0.717) is 5.56 Å². The molecule has 0 spiro atoms. The van der Waals surface area contributed by atoms with E-state index < -0.39 is 11.7 Å². The number of carbonyl (C=O) groups is 1. The molecule has 0 bridgehead atoms. The van der Waals surface area contributed by atoms with Crippen molar-refractivity contribution in [3.63, 3.8) is 0 Å². The quantitative estimate of drug-likeness (QED) is 0.496. The Bertz CT molecular complexity index is 461. The Morgan fingerprint density at radius 1 is 1.26 bits per heavy atom. The first-order chi connectivity index (χ1) is 8.81. The number of methoxy groups -OCH3 is 1. The molecule has 0 saturated heterocycles. The fourth-order valence-corrected chi connectivity index (χ4v) is 1.23. The molecule has 0 aliphatic rings. The van der Waals surface area contributed by atoms with E-state index in [4.69, 9.17) is 15.2 Å². The van der Waals surface area contributed by atoms with Crippen molar-refractivity contribution in [1.82, 2.24) is 5.43 Å². The van der Waals surface area contributed by atoms with E-state index in [1.54, 1.807) is 52.1 Å². The van der Waals surface area contributed by atoms with Crippen molar-refractivity contribution in [1.29, 1.82) is 0 Å². The van der Waals surface area contributed by atoms with Crippen LogP contribution in [0.15, 0.2) is 29.4 Å². The van der Waals surface area contributed by atoms with Gasteiger partial charge in [-0.2, -0.15) is 5.10 Å². The van der Waals surface area contributed by atoms with Gasteiger partial charge in [0.2, 0.25) is 0 Å². The molecule has 6 heteroatoms. The summed E-state index contributed by atoms with van der Waals surface area (Å²) in [6.07, 6.45) is -0.649. The molecule has 0 atom stereocenters. The molecular formula is C13H19N3O3. The van der Waals surface area contributed by atoms with Crippen LogP contribution in [-0.2, 0) is 4.74 Å². The first kappa shape index (κ1) is 14.8. The highest BCUT2D eigenvalue weighted by Gasteiger charge is 2.15. The SMILES string of the molecule is COc1ccc(/C(N)=N\NC(=O)OC(C)(C)C)cc1. The topological polar surface area (TPSA) is 85.9 Å². The summed E-state index contributed by atoms with van der Waals surface area (Å²) in [5, 5.41) is 3.76. The van der Waals surface area contributed by atoms with Gasteiger partial charge in [0.15, 0.2) is 5.84 Å². The summed E-state index contributed by atoms with van der Waals surface area (Å²) in [5.41, 5.74) is 8.08. The van der Waals surface area contributed by atoms with Gasteiger partial charge in [-0.3, -0.25) is 0 Å². The number of hydrogen-bond donors (Lipinski definition) is 2. The highest BCUT2D eigenvalue weighted by Crippen LogP contribution is 2.11. The highest BCUT2D eigenvalue weighted by molar-refractivity contribution is 5.97. The summed E-state index contributed by atoms with van der Waals surface area (Å²) in [6.45, 7) is 5.30. The summed E-state index contributed by atoms with van der Waals surface area (Å²) in [7, 11) is 1.58. The maximum absolute atomic E-state index is 11.4. The van der Waals surface area contributed by atoms with Crippen molar-refractivity contribution >= 4 is 11.9 Å². The van der Waals surface area contributed by atoms with Gasteiger partial charge < -0.3 is 15.2 Å². The second kappa shape index (κ2) is 6.08. The van der Waals surface area contributed by atoms with Gasteiger partial charge in [-0.05, 0) is 45.0 Å². The molecule has 0 aliphatic heterocycles. The molecule has 3 N–H and O–H groups in total. The molecular weight excluding hydrogens is 246 g/mol. The normalized spacial score (nSPS) is 11.9. The monoisotopic (exact) mass is 265 g/mol. The van der Waals surface area contributed by atoms with E-state index in [-0.39, 0.29) is 5.84 Å². The number of nitrogens with two attached hydrogens (primary N) is 1. The maximum atomic E-state index is 11.4. The number of ether oxygens (including phenoxy) is 2. The average Bonchev–Trinajstić information content (AvgIpc) is 2.34. The Labute approximate surface area is 112 Å². The van der Waals surface area contributed by atoms with Crippen molar-refractivity contribution < 1.29 is 14.3 Å². The largest absolute Gasteiger partial charge is 0.497 e. The van der Waals surface area contributed by atoms with Crippen LogP contribution in [0.4, 0.5) is 4.79 Å². The van der Waals surface area contributed by atoms with E-state index in [2.05, 4.69) is 10.5 Å². The molecule has 0 unspecified atom stereocenters. The molecule has 0 fully saturated rings. The van der Waals surface area contributed by atoms with Crippen LogP contribution in [0.25, 0.3) is 0 Å². The minimum absolute atomic E-state index is 0.188. The molecule has 104 valence electrons. The molecule has 1 aromatic carbocycles. The molecule has 0 aromatic heterocycles. The Kier molecular flexibility index (Phi) is 4.74. The standard InChI is InChI=1S/C13H19N3O3/c1-13(2,3)19-12(17)16-15-11(14)9-5-7-10(18-4)8-6-9/h5-8H,1-4H3,(H2,14,15)(H,16,17). The first-order valence-electron chi connectivity index (χ1n) is 5.78. The number of nitrogens with one attached hydrogen (secondary N) is 1. The summed E-state index contributed by atoms with van der Waals surface area (Å²) in [5.74, 6) is 0.908. The zero-order valence-corrected chi connectivity index (χ0v) is 11.6. The van der Waals surface area contributed by atoms with Crippen LogP contribution in [0.1, 0.15) is 26.3 Å². The third-order valence-corrected chi connectivity index (χ3v) is 2.05. The van der Waals surface area contributed by atoms with Crippen LogP contribution >= 0.6 is 0 Å². The zero-order chi connectivity index (χ0) is 14.5. The van der Waals surface area contributed by atoms with Crippen LogP contribution in [0.3, 0.4) is 0 Å². The average molecular weight is 265 g/mol. The molecule has 0 saturated carbocycles. The smallest absolute Gasteiger partial charge is 0.428 e. The third kappa shape index (κ3) is 5.29. The summed E-state index contributed by atoms with van der Waals surface area (Å²) >= 11 is 0. The molecule has 1 amide bonds. The van der Waals surface area contributed by atoms with Crippen molar-refractivity contribution in [2.45, 2.75) is 26.4 Å². The summed E-state index contributed by atoms with van der Waals surface area (Å²) < 4.78 is 10.1. The van der Waals surface area contributed by atoms with Gasteiger partial charge >= 0.3 is 6.09 Å². The van der Waals surface area contributed by atoms with E-state index in [1.807, 2.05) is 0 Å². The fraction of sp³-hybridized carbons (Fsp3) is 0.385. The lowest BCUT2D eigenvalue weighted by Gasteiger charge is -2.18. The van der Waals surface area contributed by atoms with E-state index in [9.17, 15) is 4.79 Å². The number of carbonyl (C=O) groups excluding carboxylic acids is 1. The highest BCUT2D eigenvalue weighted by atomic mass is 16.6. The molecule has 1 rings (SSSR count).